The molecule has 0 spiro atoms. The van der Waals surface area contributed by atoms with E-state index >= 15 is 0 Å². The second-order valence-electron chi connectivity index (χ2n) is 4.71. The number of hydrogen-bond acceptors (Lipinski definition) is 3. The fourth-order valence-corrected chi connectivity index (χ4v) is 3.51. The smallest absolute Gasteiger partial charge is 0.303 e. The van der Waals surface area contributed by atoms with Crippen LogP contribution in [0.1, 0.15) is 35.4 Å². The highest BCUT2D eigenvalue weighted by molar-refractivity contribution is 9.11. The van der Waals surface area contributed by atoms with Gasteiger partial charge in [0.15, 0.2) is 0 Å². The number of nitrogens with one attached hydrogen (secondary N) is 1. The van der Waals surface area contributed by atoms with Crippen molar-refractivity contribution in [1.29, 1.82) is 0 Å². The molecule has 0 aromatic carbocycles. The summed E-state index contributed by atoms with van der Waals surface area (Å²) < 4.78 is 0.913. The molecule has 2 rings (SSSR count). The molecule has 6 heteroatoms. The van der Waals surface area contributed by atoms with Crippen molar-refractivity contribution >= 4 is 39.1 Å². The monoisotopic (exact) mass is 331 g/mol. The van der Waals surface area contributed by atoms with Crippen LogP contribution < -0.4 is 5.32 Å². The third-order valence-corrected chi connectivity index (χ3v) is 4.98. The molecular weight excluding hydrogens is 318 g/mol. The van der Waals surface area contributed by atoms with Crippen LogP contribution in [0.4, 0.5) is 0 Å². The van der Waals surface area contributed by atoms with E-state index in [9.17, 15) is 9.59 Å². The summed E-state index contributed by atoms with van der Waals surface area (Å²) in [6, 6.07) is 3.59. The van der Waals surface area contributed by atoms with Crippen LogP contribution in [0.3, 0.4) is 0 Å². The summed E-state index contributed by atoms with van der Waals surface area (Å²) in [5, 5.41) is 11.7. The van der Waals surface area contributed by atoms with E-state index in [-0.39, 0.29) is 17.7 Å². The van der Waals surface area contributed by atoms with Gasteiger partial charge in [0.05, 0.1) is 15.1 Å². The molecule has 1 aromatic heterocycles. The molecule has 1 saturated carbocycles. The van der Waals surface area contributed by atoms with Crippen molar-refractivity contribution < 1.29 is 14.7 Å². The van der Waals surface area contributed by atoms with E-state index in [0.717, 1.165) is 23.0 Å². The molecule has 0 saturated heterocycles. The van der Waals surface area contributed by atoms with Gasteiger partial charge in [-0.15, -0.1) is 11.3 Å². The lowest BCUT2D eigenvalue weighted by atomic mass is 9.66. The van der Waals surface area contributed by atoms with E-state index in [1.807, 2.05) is 6.07 Å². The predicted molar refractivity (Wildman–Crippen MR) is 72.9 cm³/mol. The van der Waals surface area contributed by atoms with Gasteiger partial charge in [-0.05, 0) is 46.3 Å². The highest BCUT2D eigenvalue weighted by Gasteiger charge is 2.39. The molecule has 0 atom stereocenters. The number of thiophene rings is 1. The van der Waals surface area contributed by atoms with Gasteiger partial charge < -0.3 is 10.4 Å². The number of aliphatic carboxylic acids is 1. The molecule has 0 aliphatic heterocycles. The van der Waals surface area contributed by atoms with E-state index in [2.05, 4.69) is 21.2 Å². The average molecular weight is 332 g/mol. The number of amides is 1. The Morgan fingerprint density at radius 1 is 1.44 bits per heavy atom. The minimum absolute atomic E-state index is 0.123. The summed E-state index contributed by atoms with van der Waals surface area (Å²) in [5.41, 5.74) is -0.226. The lowest BCUT2D eigenvalue weighted by Crippen LogP contribution is -2.43. The van der Waals surface area contributed by atoms with Crippen LogP contribution in [-0.2, 0) is 4.79 Å². The van der Waals surface area contributed by atoms with Crippen molar-refractivity contribution in [2.75, 3.05) is 6.54 Å². The lowest BCUT2D eigenvalue weighted by molar-refractivity contribution is -0.141. The van der Waals surface area contributed by atoms with Crippen molar-refractivity contribution in [3.05, 3.63) is 20.8 Å². The summed E-state index contributed by atoms with van der Waals surface area (Å²) in [7, 11) is 0. The van der Waals surface area contributed by atoms with Crippen LogP contribution in [0, 0.1) is 5.41 Å². The molecule has 1 aliphatic carbocycles. The standard InChI is InChI=1S/C12H14BrNO3S/c13-9-3-2-8(18-9)11(17)14-7-12(4-1-5-12)6-10(15)16/h2-3H,1,4-7H2,(H,14,17)(H,15,16). The second kappa shape index (κ2) is 5.40. The summed E-state index contributed by atoms with van der Waals surface area (Å²) in [6.45, 7) is 0.452. The van der Waals surface area contributed by atoms with Gasteiger partial charge in [0.25, 0.3) is 5.91 Å². The molecule has 4 nitrogen and oxygen atoms in total. The Balaban J connectivity index is 1.90. The van der Waals surface area contributed by atoms with Crippen molar-refractivity contribution in [3.63, 3.8) is 0 Å². The summed E-state index contributed by atoms with van der Waals surface area (Å²) in [5.74, 6) is -0.912. The maximum absolute atomic E-state index is 11.9. The number of carboxylic acids is 1. The normalized spacial score (nSPS) is 16.9. The topological polar surface area (TPSA) is 66.4 Å². The third kappa shape index (κ3) is 3.11. The molecule has 1 fully saturated rings. The summed E-state index contributed by atoms with van der Waals surface area (Å²) >= 11 is 4.68. The Kier molecular flexibility index (Phi) is 4.07. The predicted octanol–water partition coefficient (Wildman–Crippen LogP) is 2.89. The third-order valence-electron chi connectivity index (χ3n) is 3.36. The largest absolute Gasteiger partial charge is 0.481 e. The van der Waals surface area contributed by atoms with Gasteiger partial charge >= 0.3 is 5.97 Å². The summed E-state index contributed by atoms with van der Waals surface area (Å²) in [4.78, 5) is 23.3. The van der Waals surface area contributed by atoms with Gasteiger partial charge in [0.2, 0.25) is 0 Å². The fourth-order valence-electron chi connectivity index (χ4n) is 2.20. The van der Waals surface area contributed by atoms with Crippen LogP contribution >= 0.6 is 27.3 Å². The highest BCUT2D eigenvalue weighted by atomic mass is 79.9. The Hall–Kier alpha value is -0.880. The van der Waals surface area contributed by atoms with Gasteiger partial charge in [-0.1, -0.05) is 6.42 Å². The van der Waals surface area contributed by atoms with Crippen LogP contribution in [0.15, 0.2) is 15.9 Å². The Morgan fingerprint density at radius 3 is 2.61 bits per heavy atom. The van der Waals surface area contributed by atoms with Gasteiger partial charge in [-0.25, -0.2) is 0 Å². The molecule has 1 aromatic rings. The Morgan fingerprint density at radius 2 is 2.17 bits per heavy atom. The van der Waals surface area contributed by atoms with Crippen molar-refractivity contribution in [1.82, 2.24) is 5.32 Å². The molecule has 0 unspecified atom stereocenters. The van der Waals surface area contributed by atoms with E-state index < -0.39 is 5.97 Å². The minimum atomic E-state index is -0.789. The first-order chi connectivity index (χ1) is 8.51. The van der Waals surface area contributed by atoms with Crippen LogP contribution in [0.5, 0.6) is 0 Å². The van der Waals surface area contributed by atoms with Gasteiger partial charge in [0.1, 0.15) is 0 Å². The lowest BCUT2D eigenvalue weighted by Gasteiger charge is -2.40. The molecular formula is C12H14BrNO3S. The number of carbonyl (C=O) groups excluding carboxylic acids is 1. The van der Waals surface area contributed by atoms with Crippen molar-refractivity contribution in [2.24, 2.45) is 5.41 Å². The van der Waals surface area contributed by atoms with Gasteiger partial charge in [-0.3, -0.25) is 9.59 Å². The fraction of sp³-hybridized carbons (Fsp3) is 0.500. The summed E-state index contributed by atoms with van der Waals surface area (Å²) in [6.07, 6.45) is 2.95. The van der Waals surface area contributed by atoms with Crippen LogP contribution in [0.2, 0.25) is 0 Å². The molecule has 1 heterocycles. The second-order valence-corrected chi connectivity index (χ2v) is 7.17. The maximum Gasteiger partial charge on any atom is 0.303 e. The molecule has 1 aliphatic rings. The maximum atomic E-state index is 11.9. The first-order valence-electron chi connectivity index (χ1n) is 5.76. The first kappa shape index (κ1) is 13.5. The van der Waals surface area contributed by atoms with Crippen molar-refractivity contribution in [3.8, 4) is 0 Å². The van der Waals surface area contributed by atoms with E-state index in [1.54, 1.807) is 6.07 Å². The van der Waals surface area contributed by atoms with Crippen molar-refractivity contribution in [2.45, 2.75) is 25.7 Å². The van der Waals surface area contributed by atoms with Gasteiger partial charge in [0, 0.05) is 6.54 Å². The minimum Gasteiger partial charge on any atom is -0.481 e. The zero-order valence-corrected chi connectivity index (χ0v) is 12.1. The first-order valence-corrected chi connectivity index (χ1v) is 7.37. The van der Waals surface area contributed by atoms with Crippen LogP contribution in [0.25, 0.3) is 0 Å². The molecule has 1 amide bonds. The Labute approximate surface area is 118 Å². The SMILES string of the molecule is O=C(O)CC1(CNC(=O)c2ccc(Br)s2)CCC1. The number of carbonyl (C=O) groups is 2. The quantitative estimate of drug-likeness (QED) is 0.871. The number of halogens is 1. The zero-order valence-electron chi connectivity index (χ0n) is 9.74. The molecule has 0 bridgehead atoms. The zero-order chi connectivity index (χ0) is 13.2. The van der Waals surface area contributed by atoms with E-state index in [1.165, 1.54) is 11.3 Å². The molecule has 2 N–H and O–H groups in total. The molecule has 98 valence electrons. The number of hydrogen-bond donors (Lipinski definition) is 2. The van der Waals surface area contributed by atoms with Crippen LogP contribution in [-0.4, -0.2) is 23.5 Å². The molecule has 18 heavy (non-hydrogen) atoms. The highest BCUT2D eigenvalue weighted by Crippen LogP contribution is 2.43. The number of rotatable bonds is 5. The molecule has 0 radical (unpaired) electrons. The van der Waals surface area contributed by atoms with Gasteiger partial charge in [-0.2, -0.15) is 0 Å². The Bertz CT molecular complexity index is 468. The average Bonchev–Trinajstić information content (AvgIpc) is 2.68. The number of carboxylic acid groups (broad SMARTS) is 1. The van der Waals surface area contributed by atoms with E-state index in [4.69, 9.17) is 5.11 Å². The van der Waals surface area contributed by atoms with E-state index in [0.29, 0.717) is 11.4 Å².